The molecule has 0 spiro atoms. The fourth-order valence-corrected chi connectivity index (χ4v) is 2.83. The predicted octanol–water partition coefficient (Wildman–Crippen LogP) is 5.22. The van der Waals surface area contributed by atoms with E-state index in [0.29, 0.717) is 28.8 Å². The topological polar surface area (TPSA) is 72.5 Å². The predicted molar refractivity (Wildman–Crippen MR) is 116 cm³/mol. The number of anilines is 3. The third-order valence-electron chi connectivity index (χ3n) is 4.52. The lowest BCUT2D eigenvalue weighted by Crippen LogP contribution is -2.13. The van der Waals surface area contributed by atoms with Crippen LogP contribution in [0.5, 0.6) is 11.5 Å². The fraction of sp³-hybridized carbons (Fsp3) is 0.217. The number of benzene rings is 2. The summed E-state index contributed by atoms with van der Waals surface area (Å²) in [6.45, 7) is 4.34. The van der Waals surface area contributed by atoms with Crippen molar-refractivity contribution < 1.29 is 14.3 Å². The lowest BCUT2D eigenvalue weighted by atomic mass is 10.0. The van der Waals surface area contributed by atoms with E-state index in [0.717, 1.165) is 11.4 Å². The van der Waals surface area contributed by atoms with Gasteiger partial charge < -0.3 is 20.1 Å². The van der Waals surface area contributed by atoms with Gasteiger partial charge in [-0.2, -0.15) is 0 Å². The highest BCUT2D eigenvalue weighted by molar-refractivity contribution is 6.04. The molecule has 1 amide bonds. The summed E-state index contributed by atoms with van der Waals surface area (Å²) in [6, 6.07) is 16.9. The summed E-state index contributed by atoms with van der Waals surface area (Å²) in [6.07, 6.45) is 1.68. The van der Waals surface area contributed by atoms with Crippen LogP contribution in [0.1, 0.15) is 35.7 Å². The van der Waals surface area contributed by atoms with Gasteiger partial charge in [-0.25, -0.2) is 4.98 Å². The van der Waals surface area contributed by atoms with Crippen LogP contribution in [0.3, 0.4) is 0 Å². The molecule has 3 aromatic rings. The molecule has 150 valence electrons. The van der Waals surface area contributed by atoms with Crippen LogP contribution in [0.15, 0.2) is 60.8 Å². The normalized spacial score (nSPS) is 10.5. The zero-order chi connectivity index (χ0) is 20.8. The second-order valence-electron chi connectivity index (χ2n) is 6.86. The van der Waals surface area contributed by atoms with Gasteiger partial charge in [0, 0.05) is 11.3 Å². The van der Waals surface area contributed by atoms with Crippen LogP contribution >= 0.6 is 0 Å². The Balaban J connectivity index is 1.65. The highest BCUT2D eigenvalue weighted by Gasteiger charge is 2.11. The van der Waals surface area contributed by atoms with Crippen molar-refractivity contribution >= 4 is 23.1 Å². The van der Waals surface area contributed by atoms with Crippen LogP contribution in [0, 0.1) is 0 Å². The minimum Gasteiger partial charge on any atom is -0.493 e. The van der Waals surface area contributed by atoms with Gasteiger partial charge in [-0.05, 0) is 53.9 Å². The largest absolute Gasteiger partial charge is 0.493 e. The maximum Gasteiger partial charge on any atom is 0.256 e. The summed E-state index contributed by atoms with van der Waals surface area (Å²) < 4.78 is 10.4. The molecule has 0 aliphatic rings. The number of rotatable bonds is 7. The second-order valence-corrected chi connectivity index (χ2v) is 6.86. The van der Waals surface area contributed by atoms with E-state index >= 15 is 0 Å². The average Bonchev–Trinajstić information content (AvgIpc) is 2.75. The van der Waals surface area contributed by atoms with Crippen molar-refractivity contribution in [2.45, 2.75) is 19.8 Å². The number of amides is 1. The lowest BCUT2D eigenvalue weighted by molar-refractivity contribution is 0.102. The Kier molecular flexibility index (Phi) is 6.34. The van der Waals surface area contributed by atoms with Gasteiger partial charge in [0.1, 0.15) is 5.82 Å². The SMILES string of the molecule is COc1ccc(C(=O)Nc2ccc(Nc3ccc(C(C)C)cc3)cn2)cc1OC. The maximum atomic E-state index is 12.5. The van der Waals surface area contributed by atoms with E-state index in [-0.39, 0.29) is 5.91 Å². The molecular formula is C23H25N3O3. The van der Waals surface area contributed by atoms with Crippen LogP contribution in [-0.4, -0.2) is 25.1 Å². The van der Waals surface area contributed by atoms with Crippen molar-refractivity contribution in [3.8, 4) is 11.5 Å². The van der Waals surface area contributed by atoms with Gasteiger partial charge in [0.25, 0.3) is 5.91 Å². The number of nitrogens with zero attached hydrogens (tertiary/aromatic N) is 1. The molecule has 6 heteroatoms. The van der Waals surface area contributed by atoms with Crippen molar-refractivity contribution in [1.82, 2.24) is 4.98 Å². The molecule has 0 saturated carbocycles. The Labute approximate surface area is 170 Å². The molecule has 29 heavy (non-hydrogen) atoms. The molecule has 6 nitrogen and oxygen atoms in total. The summed E-state index contributed by atoms with van der Waals surface area (Å²) >= 11 is 0. The number of methoxy groups -OCH3 is 2. The van der Waals surface area contributed by atoms with Crippen LogP contribution in [0.2, 0.25) is 0 Å². The van der Waals surface area contributed by atoms with Crippen molar-refractivity contribution in [3.05, 3.63) is 71.9 Å². The third kappa shape index (κ3) is 5.04. The molecule has 3 rings (SSSR count). The smallest absolute Gasteiger partial charge is 0.256 e. The minimum absolute atomic E-state index is 0.275. The molecule has 0 unspecified atom stereocenters. The van der Waals surface area contributed by atoms with E-state index in [1.807, 2.05) is 18.2 Å². The Hall–Kier alpha value is -3.54. The van der Waals surface area contributed by atoms with Gasteiger partial charge in [-0.3, -0.25) is 4.79 Å². The van der Waals surface area contributed by atoms with E-state index in [1.54, 1.807) is 37.6 Å². The molecule has 0 radical (unpaired) electrons. The number of ether oxygens (including phenoxy) is 2. The van der Waals surface area contributed by atoms with E-state index in [9.17, 15) is 4.79 Å². The molecule has 2 aromatic carbocycles. The first-order valence-electron chi connectivity index (χ1n) is 9.36. The number of aromatic nitrogens is 1. The van der Waals surface area contributed by atoms with Crippen molar-refractivity contribution in [1.29, 1.82) is 0 Å². The molecule has 2 N–H and O–H groups in total. The van der Waals surface area contributed by atoms with Crippen LogP contribution < -0.4 is 20.1 Å². The van der Waals surface area contributed by atoms with Gasteiger partial charge >= 0.3 is 0 Å². The van der Waals surface area contributed by atoms with E-state index < -0.39 is 0 Å². The lowest BCUT2D eigenvalue weighted by Gasteiger charge is -2.11. The monoisotopic (exact) mass is 391 g/mol. The number of nitrogens with one attached hydrogen (secondary N) is 2. The number of carbonyl (C=O) groups excluding carboxylic acids is 1. The number of carbonyl (C=O) groups is 1. The van der Waals surface area contributed by atoms with Crippen LogP contribution in [-0.2, 0) is 0 Å². The highest BCUT2D eigenvalue weighted by atomic mass is 16.5. The highest BCUT2D eigenvalue weighted by Crippen LogP contribution is 2.28. The number of pyridine rings is 1. The first kappa shape index (κ1) is 20.2. The summed E-state index contributed by atoms with van der Waals surface area (Å²) in [5.41, 5.74) is 3.57. The zero-order valence-electron chi connectivity index (χ0n) is 17.0. The fourth-order valence-electron chi connectivity index (χ4n) is 2.83. The quantitative estimate of drug-likeness (QED) is 0.578. The first-order valence-corrected chi connectivity index (χ1v) is 9.36. The number of hydrogen-bond donors (Lipinski definition) is 2. The molecule has 0 bridgehead atoms. The molecule has 0 aliphatic carbocycles. The molecule has 1 aromatic heterocycles. The van der Waals surface area contributed by atoms with E-state index in [1.165, 1.54) is 12.7 Å². The molecule has 0 saturated heterocycles. The van der Waals surface area contributed by atoms with Crippen molar-refractivity contribution in [2.24, 2.45) is 0 Å². The van der Waals surface area contributed by atoms with Crippen molar-refractivity contribution in [2.75, 3.05) is 24.9 Å². The summed E-state index contributed by atoms with van der Waals surface area (Å²) in [5.74, 6) is 1.75. The second kappa shape index (κ2) is 9.10. The Morgan fingerprint density at radius 3 is 2.17 bits per heavy atom. The molecule has 0 aliphatic heterocycles. The van der Waals surface area contributed by atoms with Crippen molar-refractivity contribution in [3.63, 3.8) is 0 Å². The van der Waals surface area contributed by atoms with Crippen LogP contribution in [0.4, 0.5) is 17.2 Å². The van der Waals surface area contributed by atoms with Gasteiger partial charge in [-0.1, -0.05) is 26.0 Å². The van der Waals surface area contributed by atoms with Gasteiger partial charge in [0.2, 0.25) is 0 Å². The number of hydrogen-bond acceptors (Lipinski definition) is 5. The van der Waals surface area contributed by atoms with E-state index in [2.05, 4.69) is 41.6 Å². The molecular weight excluding hydrogens is 366 g/mol. The first-order chi connectivity index (χ1) is 14.0. The molecule has 0 fully saturated rings. The van der Waals surface area contributed by atoms with Crippen LogP contribution in [0.25, 0.3) is 0 Å². The standard InChI is InChI=1S/C23H25N3O3/c1-15(2)16-5-8-18(9-6-16)25-19-10-12-22(24-14-19)26-23(27)17-7-11-20(28-3)21(13-17)29-4/h5-15,25H,1-4H3,(H,24,26,27). The Morgan fingerprint density at radius 2 is 1.59 bits per heavy atom. The zero-order valence-corrected chi connectivity index (χ0v) is 17.0. The summed E-state index contributed by atoms with van der Waals surface area (Å²) in [7, 11) is 3.08. The molecule has 1 heterocycles. The van der Waals surface area contributed by atoms with E-state index in [4.69, 9.17) is 9.47 Å². The maximum absolute atomic E-state index is 12.5. The minimum atomic E-state index is -0.275. The molecule has 0 atom stereocenters. The summed E-state index contributed by atoms with van der Waals surface area (Å²) in [5, 5.41) is 6.09. The Bertz CT molecular complexity index is 968. The summed E-state index contributed by atoms with van der Waals surface area (Å²) in [4.78, 5) is 16.8. The van der Waals surface area contributed by atoms with Gasteiger partial charge in [-0.15, -0.1) is 0 Å². The third-order valence-corrected chi connectivity index (χ3v) is 4.52. The van der Waals surface area contributed by atoms with Gasteiger partial charge in [0.15, 0.2) is 11.5 Å². The average molecular weight is 391 g/mol. The van der Waals surface area contributed by atoms with Gasteiger partial charge in [0.05, 0.1) is 26.1 Å². The Morgan fingerprint density at radius 1 is 0.897 bits per heavy atom.